The van der Waals surface area contributed by atoms with Gasteiger partial charge in [-0.3, -0.25) is 0 Å². The molecule has 170 valence electrons. The molecule has 3 aromatic rings. The molecule has 1 aliphatic rings. The molecule has 0 spiro atoms. The van der Waals surface area contributed by atoms with Gasteiger partial charge in [-0.1, -0.05) is 50.4 Å². The summed E-state index contributed by atoms with van der Waals surface area (Å²) in [5.74, 6) is 2.38. The Hall–Kier alpha value is -3.80. The maximum absolute atomic E-state index is 5.69. The minimum Gasteiger partial charge on any atom is -0.496 e. The Morgan fingerprint density at radius 2 is 1.88 bits per heavy atom. The van der Waals surface area contributed by atoms with Gasteiger partial charge in [0.1, 0.15) is 17.3 Å². The van der Waals surface area contributed by atoms with Crippen molar-refractivity contribution in [3.05, 3.63) is 84.3 Å². The first-order valence-electron chi connectivity index (χ1n) is 11.2. The summed E-state index contributed by atoms with van der Waals surface area (Å²) < 4.78 is 5.69. The monoisotopic (exact) mass is 441 g/mol. The van der Waals surface area contributed by atoms with Gasteiger partial charge < -0.3 is 19.9 Å². The SMILES string of the molecule is C=C(NCCC)c1ccc(Cc2ncc3c(n2)N(C)c2ccccc2C(=C)N3C)c(OC)c1. The summed E-state index contributed by atoms with van der Waals surface area (Å²) in [7, 11) is 5.72. The van der Waals surface area contributed by atoms with E-state index in [0.717, 1.165) is 69.8 Å². The third kappa shape index (κ3) is 4.29. The van der Waals surface area contributed by atoms with Gasteiger partial charge in [0.2, 0.25) is 0 Å². The van der Waals surface area contributed by atoms with E-state index in [-0.39, 0.29) is 0 Å². The van der Waals surface area contributed by atoms with Gasteiger partial charge >= 0.3 is 0 Å². The molecule has 0 saturated heterocycles. The number of hydrogen-bond acceptors (Lipinski definition) is 6. The Morgan fingerprint density at radius 1 is 1.09 bits per heavy atom. The largest absolute Gasteiger partial charge is 0.496 e. The standard InChI is InChI=1S/C27H31N5O/c1-7-14-28-18(2)20-12-13-21(25(15-20)33-6)16-26-29-17-24-27(30-26)32(5)23-11-9-8-10-22(23)19(3)31(24)4/h8-13,15,17,28H,2-3,7,14,16H2,1,4-6H3. The third-order valence-electron chi connectivity index (χ3n) is 6.03. The Morgan fingerprint density at radius 3 is 2.64 bits per heavy atom. The molecule has 2 aromatic carbocycles. The van der Waals surface area contributed by atoms with Crippen molar-refractivity contribution in [2.75, 3.05) is 37.5 Å². The van der Waals surface area contributed by atoms with Crippen LogP contribution in [-0.2, 0) is 6.42 Å². The van der Waals surface area contributed by atoms with Crippen molar-refractivity contribution in [2.24, 2.45) is 0 Å². The average molecular weight is 442 g/mol. The quantitative estimate of drug-likeness (QED) is 0.542. The van der Waals surface area contributed by atoms with E-state index in [1.807, 2.05) is 43.4 Å². The van der Waals surface area contributed by atoms with Gasteiger partial charge in [-0.15, -0.1) is 0 Å². The van der Waals surface area contributed by atoms with Gasteiger partial charge in [-0.2, -0.15) is 0 Å². The van der Waals surface area contributed by atoms with E-state index in [2.05, 4.69) is 59.5 Å². The van der Waals surface area contributed by atoms with Gasteiger partial charge in [-0.25, -0.2) is 9.97 Å². The molecule has 1 aromatic heterocycles. The minimum atomic E-state index is 0.561. The molecule has 0 fully saturated rings. The van der Waals surface area contributed by atoms with Crippen LogP contribution in [0, 0.1) is 0 Å². The first-order valence-corrected chi connectivity index (χ1v) is 11.2. The molecule has 1 N–H and O–H groups in total. The molecule has 0 saturated carbocycles. The van der Waals surface area contributed by atoms with Crippen LogP contribution in [0.1, 0.15) is 35.9 Å². The summed E-state index contributed by atoms with van der Waals surface area (Å²) in [5.41, 5.74) is 6.92. The molecular weight excluding hydrogens is 410 g/mol. The van der Waals surface area contributed by atoms with Crippen LogP contribution in [0.3, 0.4) is 0 Å². The number of nitrogens with one attached hydrogen (secondary N) is 1. The van der Waals surface area contributed by atoms with Gasteiger partial charge in [0.15, 0.2) is 5.82 Å². The Labute approximate surface area is 196 Å². The van der Waals surface area contributed by atoms with Crippen molar-refractivity contribution in [3.63, 3.8) is 0 Å². The van der Waals surface area contributed by atoms with Crippen LogP contribution in [0.2, 0.25) is 0 Å². The summed E-state index contributed by atoms with van der Waals surface area (Å²) in [5, 5.41) is 3.34. The predicted octanol–water partition coefficient (Wildman–Crippen LogP) is 5.23. The molecule has 4 rings (SSSR count). The van der Waals surface area contributed by atoms with Crippen molar-refractivity contribution in [1.82, 2.24) is 15.3 Å². The number of ether oxygens (including phenoxy) is 1. The maximum Gasteiger partial charge on any atom is 0.160 e. The van der Waals surface area contributed by atoms with E-state index in [4.69, 9.17) is 9.72 Å². The molecule has 33 heavy (non-hydrogen) atoms. The second-order valence-corrected chi connectivity index (χ2v) is 8.19. The highest BCUT2D eigenvalue weighted by atomic mass is 16.5. The Bertz CT molecular complexity index is 1200. The summed E-state index contributed by atoms with van der Waals surface area (Å²) in [6.07, 6.45) is 3.49. The number of hydrogen-bond donors (Lipinski definition) is 1. The van der Waals surface area contributed by atoms with Crippen molar-refractivity contribution in [2.45, 2.75) is 19.8 Å². The normalized spacial score (nSPS) is 12.7. The molecule has 6 nitrogen and oxygen atoms in total. The van der Waals surface area contributed by atoms with Gasteiger partial charge in [-0.05, 0) is 18.6 Å². The van der Waals surface area contributed by atoms with Gasteiger partial charge in [0.05, 0.1) is 19.0 Å². The van der Waals surface area contributed by atoms with Crippen molar-refractivity contribution in [1.29, 1.82) is 0 Å². The van der Waals surface area contributed by atoms with E-state index in [1.165, 1.54) is 0 Å². The summed E-state index contributed by atoms with van der Waals surface area (Å²) >= 11 is 0. The van der Waals surface area contributed by atoms with Crippen LogP contribution >= 0.6 is 0 Å². The van der Waals surface area contributed by atoms with Crippen LogP contribution < -0.4 is 19.9 Å². The highest BCUT2D eigenvalue weighted by Crippen LogP contribution is 2.41. The van der Waals surface area contributed by atoms with E-state index < -0.39 is 0 Å². The van der Waals surface area contributed by atoms with Gasteiger partial charge in [0.25, 0.3) is 0 Å². The number of anilines is 3. The van der Waals surface area contributed by atoms with E-state index in [1.54, 1.807) is 7.11 Å². The van der Waals surface area contributed by atoms with Crippen molar-refractivity contribution < 1.29 is 4.74 Å². The molecular formula is C27H31N5O. The van der Waals surface area contributed by atoms with Crippen LogP contribution in [0.15, 0.2) is 61.8 Å². The number of methoxy groups -OCH3 is 1. The van der Waals surface area contributed by atoms with E-state index in [0.29, 0.717) is 6.42 Å². The summed E-state index contributed by atoms with van der Waals surface area (Å²) in [6.45, 7) is 11.5. The molecule has 0 amide bonds. The lowest BCUT2D eigenvalue weighted by Crippen LogP contribution is -2.17. The summed E-state index contributed by atoms with van der Waals surface area (Å²) in [6, 6.07) is 14.4. The molecule has 0 aliphatic carbocycles. The molecule has 0 radical (unpaired) electrons. The number of para-hydroxylation sites is 1. The molecule has 0 atom stereocenters. The lowest BCUT2D eigenvalue weighted by atomic mass is 10.1. The number of rotatable bonds is 7. The molecule has 6 heteroatoms. The minimum absolute atomic E-state index is 0.561. The van der Waals surface area contributed by atoms with Crippen molar-refractivity contribution in [3.8, 4) is 5.75 Å². The average Bonchev–Trinajstić information content (AvgIpc) is 2.92. The zero-order valence-electron chi connectivity index (χ0n) is 19.9. The fraction of sp³-hybridized carbons (Fsp3) is 0.259. The highest BCUT2D eigenvalue weighted by Gasteiger charge is 2.25. The lowest BCUT2D eigenvalue weighted by molar-refractivity contribution is 0.410. The first kappa shape index (κ1) is 22.4. The maximum atomic E-state index is 5.69. The zero-order valence-corrected chi connectivity index (χ0v) is 19.9. The first-order chi connectivity index (χ1) is 15.9. The predicted molar refractivity (Wildman–Crippen MR) is 137 cm³/mol. The Balaban J connectivity index is 1.67. The van der Waals surface area contributed by atoms with E-state index >= 15 is 0 Å². The van der Waals surface area contributed by atoms with E-state index in [9.17, 15) is 0 Å². The third-order valence-corrected chi connectivity index (χ3v) is 6.03. The topological polar surface area (TPSA) is 53.5 Å². The fourth-order valence-electron chi connectivity index (χ4n) is 4.05. The smallest absolute Gasteiger partial charge is 0.160 e. The molecule has 1 aliphatic heterocycles. The number of fused-ring (bicyclic) bond motifs is 2. The molecule has 2 heterocycles. The Kier molecular flexibility index (Phi) is 6.36. The van der Waals surface area contributed by atoms with Crippen LogP contribution in [-0.4, -0.2) is 37.7 Å². The van der Waals surface area contributed by atoms with Crippen LogP contribution in [0.25, 0.3) is 11.4 Å². The lowest BCUT2D eigenvalue weighted by Gasteiger charge is -2.22. The number of nitrogens with zero attached hydrogens (tertiary/aromatic N) is 4. The zero-order chi connectivity index (χ0) is 23.5. The van der Waals surface area contributed by atoms with Crippen molar-refractivity contribution >= 4 is 28.6 Å². The highest BCUT2D eigenvalue weighted by molar-refractivity contribution is 5.92. The summed E-state index contributed by atoms with van der Waals surface area (Å²) in [4.78, 5) is 13.8. The second kappa shape index (κ2) is 9.36. The molecule has 0 unspecified atom stereocenters. The van der Waals surface area contributed by atoms with Crippen LogP contribution in [0.5, 0.6) is 5.75 Å². The van der Waals surface area contributed by atoms with Crippen LogP contribution in [0.4, 0.5) is 17.2 Å². The number of aromatic nitrogens is 2. The fourth-order valence-corrected chi connectivity index (χ4v) is 4.05. The van der Waals surface area contributed by atoms with Gasteiger partial charge in [0, 0.05) is 55.1 Å². The molecule has 0 bridgehead atoms. The number of benzene rings is 2. The second-order valence-electron chi connectivity index (χ2n) is 8.19.